The summed E-state index contributed by atoms with van der Waals surface area (Å²) >= 11 is 0. The van der Waals surface area contributed by atoms with Crippen molar-refractivity contribution in [3.05, 3.63) is 0 Å². The normalized spacial score (nSPS) is 29.1. The van der Waals surface area contributed by atoms with Gasteiger partial charge in [-0.3, -0.25) is 4.79 Å². The van der Waals surface area contributed by atoms with E-state index in [9.17, 15) is 4.79 Å². The quantitative estimate of drug-likeness (QED) is 0.497. The second-order valence-electron chi connectivity index (χ2n) is 2.82. The lowest BCUT2D eigenvalue weighted by molar-refractivity contribution is -0.139. The lowest BCUT2D eigenvalue weighted by Gasteiger charge is -2.08. The fourth-order valence-electron chi connectivity index (χ4n) is 1.25. The standard InChI is InChI=1S/C7H14N2O3/c8-1-2-12-5-3-6(7(10)11)9-4-5/h5-6,9H,1-4,8H2,(H,10,11)/t5-,6+/m1/s1. The van der Waals surface area contributed by atoms with Crippen LogP contribution in [0.2, 0.25) is 0 Å². The third-order valence-corrected chi connectivity index (χ3v) is 1.86. The molecule has 1 saturated heterocycles. The Kier molecular flexibility index (Phi) is 3.46. The molecule has 5 heteroatoms. The van der Waals surface area contributed by atoms with Crippen molar-refractivity contribution in [1.82, 2.24) is 5.32 Å². The largest absolute Gasteiger partial charge is 0.480 e. The molecule has 0 amide bonds. The Bertz CT molecular complexity index is 163. The van der Waals surface area contributed by atoms with Gasteiger partial charge in [-0.25, -0.2) is 0 Å². The fourth-order valence-corrected chi connectivity index (χ4v) is 1.25. The number of carboxylic acid groups (broad SMARTS) is 1. The number of aliphatic carboxylic acids is 1. The summed E-state index contributed by atoms with van der Waals surface area (Å²) in [6.45, 7) is 1.59. The van der Waals surface area contributed by atoms with E-state index < -0.39 is 12.0 Å². The minimum absolute atomic E-state index is 0.00894. The summed E-state index contributed by atoms with van der Waals surface area (Å²) in [6, 6.07) is -0.451. The zero-order chi connectivity index (χ0) is 8.97. The van der Waals surface area contributed by atoms with Gasteiger partial charge in [0.1, 0.15) is 6.04 Å². The van der Waals surface area contributed by atoms with Crippen LogP contribution in [0.3, 0.4) is 0 Å². The number of ether oxygens (including phenoxy) is 1. The van der Waals surface area contributed by atoms with Gasteiger partial charge in [0.25, 0.3) is 0 Å². The minimum Gasteiger partial charge on any atom is -0.480 e. The summed E-state index contributed by atoms with van der Waals surface area (Å²) in [5.74, 6) is -0.811. The molecule has 2 atom stereocenters. The predicted molar refractivity (Wildman–Crippen MR) is 42.8 cm³/mol. The van der Waals surface area contributed by atoms with Crippen molar-refractivity contribution in [2.24, 2.45) is 5.73 Å². The van der Waals surface area contributed by atoms with Crippen LogP contribution in [-0.2, 0) is 9.53 Å². The first-order chi connectivity index (χ1) is 5.74. The van der Waals surface area contributed by atoms with Crippen LogP contribution >= 0.6 is 0 Å². The summed E-state index contributed by atoms with van der Waals surface area (Å²) in [5, 5.41) is 11.5. The molecule has 1 rings (SSSR count). The summed E-state index contributed by atoms with van der Waals surface area (Å²) in [4.78, 5) is 10.5. The van der Waals surface area contributed by atoms with Crippen molar-refractivity contribution in [1.29, 1.82) is 0 Å². The third-order valence-electron chi connectivity index (χ3n) is 1.86. The molecule has 0 aromatic carbocycles. The molecule has 1 aliphatic rings. The van der Waals surface area contributed by atoms with E-state index in [0.717, 1.165) is 0 Å². The van der Waals surface area contributed by atoms with Crippen LogP contribution in [0.1, 0.15) is 6.42 Å². The Labute approximate surface area is 70.9 Å². The van der Waals surface area contributed by atoms with Gasteiger partial charge in [0, 0.05) is 19.5 Å². The highest BCUT2D eigenvalue weighted by Crippen LogP contribution is 2.09. The average molecular weight is 174 g/mol. The van der Waals surface area contributed by atoms with Crippen LogP contribution in [0.15, 0.2) is 0 Å². The first-order valence-corrected chi connectivity index (χ1v) is 4.02. The second kappa shape index (κ2) is 4.39. The van der Waals surface area contributed by atoms with Gasteiger partial charge in [-0.15, -0.1) is 0 Å². The smallest absolute Gasteiger partial charge is 0.320 e. The highest BCUT2D eigenvalue weighted by atomic mass is 16.5. The van der Waals surface area contributed by atoms with Gasteiger partial charge in [0.15, 0.2) is 0 Å². The molecule has 0 aromatic rings. The fraction of sp³-hybridized carbons (Fsp3) is 0.857. The van der Waals surface area contributed by atoms with E-state index >= 15 is 0 Å². The van der Waals surface area contributed by atoms with Gasteiger partial charge in [-0.2, -0.15) is 0 Å². The van der Waals surface area contributed by atoms with Gasteiger partial charge in [-0.05, 0) is 0 Å². The molecule has 5 nitrogen and oxygen atoms in total. The van der Waals surface area contributed by atoms with Gasteiger partial charge < -0.3 is 20.9 Å². The third kappa shape index (κ3) is 2.44. The highest BCUT2D eigenvalue weighted by Gasteiger charge is 2.29. The molecule has 70 valence electrons. The molecule has 1 fully saturated rings. The maximum Gasteiger partial charge on any atom is 0.320 e. The van der Waals surface area contributed by atoms with E-state index in [0.29, 0.717) is 26.1 Å². The van der Waals surface area contributed by atoms with Crippen LogP contribution < -0.4 is 11.1 Å². The molecular weight excluding hydrogens is 160 g/mol. The van der Waals surface area contributed by atoms with Crippen molar-refractivity contribution in [2.75, 3.05) is 19.7 Å². The van der Waals surface area contributed by atoms with Gasteiger partial charge in [0.2, 0.25) is 0 Å². The van der Waals surface area contributed by atoms with Crippen molar-refractivity contribution < 1.29 is 14.6 Å². The molecule has 12 heavy (non-hydrogen) atoms. The maximum atomic E-state index is 10.5. The Morgan fingerprint density at radius 1 is 1.75 bits per heavy atom. The molecule has 0 saturated carbocycles. The number of hydrogen-bond donors (Lipinski definition) is 3. The van der Waals surface area contributed by atoms with E-state index in [2.05, 4.69) is 5.32 Å². The zero-order valence-corrected chi connectivity index (χ0v) is 6.82. The molecule has 1 aliphatic heterocycles. The monoisotopic (exact) mass is 174 g/mol. The molecule has 4 N–H and O–H groups in total. The Hall–Kier alpha value is -0.650. The Morgan fingerprint density at radius 2 is 2.50 bits per heavy atom. The van der Waals surface area contributed by atoms with Crippen LogP contribution in [0.5, 0.6) is 0 Å². The van der Waals surface area contributed by atoms with Crippen molar-refractivity contribution in [3.63, 3.8) is 0 Å². The van der Waals surface area contributed by atoms with Crippen molar-refractivity contribution in [2.45, 2.75) is 18.6 Å². The average Bonchev–Trinajstić information content (AvgIpc) is 2.48. The van der Waals surface area contributed by atoms with Gasteiger partial charge >= 0.3 is 5.97 Å². The predicted octanol–water partition coefficient (Wildman–Crippen LogP) is -1.22. The lowest BCUT2D eigenvalue weighted by atomic mass is 10.2. The zero-order valence-electron chi connectivity index (χ0n) is 6.82. The summed E-state index contributed by atoms with van der Waals surface area (Å²) < 4.78 is 5.28. The first kappa shape index (κ1) is 9.44. The van der Waals surface area contributed by atoms with Crippen LogP contribution in [0.4, 0.5) is 0 Å². The number of nitrogens with one attached hydrogen (secondary N) is 1. The van der Waals surface area contributed by atoms with E-state index in [1.54, 1.807) is 0 Å². The molecule has 0 spiro atoms. The Morgan fingerprint density at radius 3 is 3.00 bits per heavy atom. The Balaban J connectivity index is 2.21. The SMILES string of the molecule is NCCO[C@H]1CN[C@H](C(=O)O)C1. The molecular formula is C7H14N2O3. The molecule has 0 bridgehead atoms. The number of nitrogens with two attached hydrogens (primary N) is 1. The molecule has 0 radical (unpaired) electrons. The number of hydrogen-bond acceptors (Lipinski definition) is 4. The second-order valence-corrected chi connectivity index (χ2v) is 2.82. The van der Waals surface area contributed by atoms with Crippen LogP contribution in [-0.4, -0.2) is 42.9 Å². The number of carboxylic acids is 1. The summed E-state index contributed by atoms with van der Waals surface area (Å²) in [6.07, 6.45) is 0.546. The maximum absolute atomic E-state index is 10.5. The van der Waals surface area contributed by atoms with E-state index in [1.165, 1.54) is 0 Å². The van der Waals surface area contributed by atoms with E-state index in [1.807, 2.05) is 0 Å². The van der Waals surface area contributed by atoms with Crippen molar-refractivity contribution in [3.8, 4) is 0 Å². The minimum atomic E-state index is -0.811. The molecule has 0 aromatic heterocycles. The van der Waals surface area contributed by atoms with Crippen LogP contribution in [0.25, 0.3) is 0 Å². The summed E-state index contributed by atoms with van der Waals surface area (Å²) in [5.41, 5.74) is 5.24. The van der Waals surface area contributed by atoms with Crippen LogP contribution in [0, 0.1) is 0 Å². The topological polar surface area (TPSA) is 84.6 Å². The van der Waals surface area contributed by atoms with E-state index in [-0.39, 0.29) is 6.10 Å². The summed E-state index contributed by atoms with van der Waals surface area (Å²) in [7, 11) is 0. The van der Waals surface area contributed by atoms with E-state index in [4.69, 9.17) is 15.6 Å². The molecule has 0 unspecified atom stereocenters. The number of carbonyl (C=O) groups is 1. The molecule has 1 heterocycles. The first-order valence-electron chi connectivity index (χ1n) is 4.02. The lowest BCUT2D eigenvalue weighted by Crippen LogP contribution is -2.30. The van der Waals surface area contributed by atoms with Gasteiger partial charge in [0.05, 0.1) is 12.7 Å². The van der Waals surface area contributed by atoms with Crippen molar-refractivity contribution >= 4 is 5.97 Å². The van der Waals surface area contributed by atoms with Gasteiger partial charge in [-0.1, -0.05) is 0 Å². The molecule has 0 aliphatic carbocycles. The highest BCUT2D eigenvalue weighted by molar-refractivity contribution is 5.73. The number of rotatable bonds is 4.